The van der Waals surface area contributed by atoms with Crippen LogP contribution < -0.4 is 10.6 Å². The molecule has 1 aliphatic rings. The third-order valence-electron chi connectivity index (χ3n) is 4.62. The van der Waals surface area contributed by atoms with Gasteiger partial charge in [-0.1, -0.05) is 12.1 Å². The predicted molar refractivity (Wildman–Crippen MR) is 107 cm³/mol. The van der Waals surface area contributed by atoms with Crippen molar-refractivity contribution >= 4 is 33.8 Å². The summed E-state index contributed by atoms with van der Waals surface area (Å²) < 4.78 is 25.3. The van der Waals surface area contributed by atoms with E-state index in [2.05, 4.69) is 15.7 Å². The molecule has 7 nitrogen and oxygen atoms in total. The Hall–Kier alpha value is -1.90. The normalized spacial score (nSPS) is 15.1. The van der Waals surface area contributed by atoms with Gasteiger partial charge in [0.2, 0.25) is 5.91 Å². The van der Waals surface area contributed by atoms with Gasteiger partial charge in [0, 0.05) is 12.7 Å². The number of anilines is 1. The molecule has 1 aromatic carbocycles. The number of para-hydroxylation sites is 1. The van der Waals surface area contributed by atoms with E-state index in [4.69, 9.17) is 0 Å². The molecule has 0 radical (unpaired) electrons. The molecule has 1 saturated heterocycles. The van der Waals surface area contributed by atoms with Crippen LogP contribution in [0.4, 0.5) is 5.69 Å². The monoisotopic (exact) mass is 412 g/mol. The van der Waals surface area contributed by atoms with Gasteiger partial charge in [0.1, 0.15) is 0 Å². The zero-order valence-electron chi connectivity index (χ0n) is 15.2. The number of carbonyl (C=O) groups is 1. The molecule has 0 atom stereocenters. The average molecular weight is 413 g/mol. The second-order valence-corrected chi connectivity index (χ2v) is 8.68. The lowest BCUT2D eigenvalue weighted by molar-refractivity contribution is -0.116. The molecule has 2 N–H and O–H groups in total. The third kappa shape index (κ3) is 5.79. The van der Waals surface area contributed by atoms with Gasteiger partial charge in [0.15, 0.2) is 9.84 Å². The lowest BCUT2D eigenvalue weighted by Crippen LogP contribution is -2.28. The Kier molecular flexibility index (Phi) is 7.41. The van der Waals surface area contributed by atoms with Crippen LogP contribution >= 0.6 is 12.4 Å². The lowest BCUT2D eigenvalue weighted by atomic mass is 9.93. The molecule has 0 saturated carbocycles. The molecular formula is C18H25ClN4O3S. The second-order valence-electron chi connectivity index (χ2n) is 6.69. The van der Waals surface area contributed by atoms with Crippen LogP contribution in [-0.4, -0.2) is 43.5 Å². The third-order valence-corrected chi connectivity index (χ3v) is 5.76. The van der Waals surface area contributed by atoms with Crippen LogP contribution in [0.5, 0.6) is 0 Å². The standard InChI is InChI=1S/C18H24N4O3S.ClH/c1-26(24,25)17-5-3-2-4-16(17)22-13-15(12-20-22)21-18(23)7-6-14-8-10-19-11-9-14;/h2-5,12-14,19H,6-11H2,1H3,(H,21,23);1H. The van der Waals surface area contributed by atoms with E-state index >= 15 is 0 Å². The van der Waals surface area contributed by atoms with Crippen molar-refractivity contribution in [3.8, 4) is 5.69 Å². The quantitative estimate of drug-likeness (QED) is 0.759. The number of hydrogen-bond acceptors (Lipinski definition) is 5. The molecule has 0 unspecified atom stereocenters. The van der Waals surface area contributed by atoms with Gasteiger partial charge in [0.05, 0.1) is 28.7 Å². The lowest BCUT2D eigenvalue weighted by Gasteiger charge is -2.22. The number of nitrogens with one attached hydrogen (secondary N) is 2. The van der Waals surface area contributed by atoms with Gasteiger partial charge in [-0.2, -0.15) is 5.10 Å². The van der Waals surface area contributed by atoms with Crippen LogP contribution in [0.3, 0.4) is 0 Å². The molecule has 1 aromatic heterocycles. The molecular weight excluding hydrogens is 388 g/mol. The first-order valence-corrected chi connectivity index (χ1v) is 10.7. The van der Waals surface area contributed by atoms with Gasteiger partial charge in [-0.25, -0.2) is 13.1 Å². The molecule has 2 heterocycles. The second kappa shape index (κ2) is 9.34. The summed E-state index contributed by atoms with van der Waals surface area (Å²) in [7, 11) is -3.37. The van der Waals surface area contributed by atoms with E-state index in [0.29, 0.717) is 23.7 Å². The summed E-state index contributed by atoms with van der Waals surface area (Å²) in [4.78, 5) is 12.4. The van der Waals surface area contributed by atoms with Crippen molar-refractivity contribution in [1.82, 2.24) is 15.1 Å². The van der Waals surface area contributed by atoms with Crippen LogP contribution in [-0.2, 0) is 14.6 Å². The van der Waals surface area contributed by atoms with Gasteiger partial charge in [-0.3, -0.25) is 4.79 Å². The Morgan fingerprint density at radius 2 is 2.00 bits per heavy atom. The first-order chi connectivity index (χ1) is 12.4. The zero-order valence-corrected chi connectivity index (χ0v) is 16.9. The zero-order chi connectivity index (χ0) is 18.6. The predicted octanol–water partition coefficient (Wildman–Crippen LogP) is 2.42. The number of benzene rings is 1. The van der Waals surface area contributed by atoms with Crippen LogP contribution in [0.15, 0.2) is 41.6 Å². The number of hydrogen-bond donors (Lipinski definition) is 2. The molecule has 3 rings (SSSR count). The molecule has 1 aliphatic heterocycles. The summed E-state index contributed by atoms with van der Waals surface area (Å²) in [6.45, 7) is 2.05. The minimum Gasteiger partial charge on any atom is -0.323 e. The molecule has 2 aromatic rings. The number of carbonyl (C=O) groups excluding carboxylic acids is 1. The molecule has 27 heavy (non-hydrogen) atoms. The fourth-order valence-electron chi connectivity index (χ4n) is 3.21. The van der Waals surface area contributed by atoms with E-state index in [0.717, 1.165) is 32.4 Å². The molecule has 0 bridgehead atoms. The van der Waals surface area contributed by atoms with E-state index in [-0.39, 0.29) is 23.2 Å². The first-order valence-electron chi connectivity index (χ1n) is 8.78. The number of nitrogens with zero attached hydrogens (tertiary/aromatic N) is 2. The van der Waals surface area contributed by atoms with Gasteiger partial charge < -0.3 is 10.6 Å². The first kappa shape index (κ1) is 21.4. The maximum Gasteiger partial charge on any atom is 0.224 e. The van der Waals surface area contributed by atoms with Gasteiger partial charge in [-0.05, 0) is 50.4 Å². The van der Waals surface area contributed by atoms with Crippen LogP contribution in [0.2, 0.25) is 0 Å². The number of aromatic nitrogens is 2. The minimum absolute atomic E-state index is 0. The largest absolute Gasteiger partial charge is 0.323 e. The summed E-state index contributed by atoms with van der Waals surface area (Å²) >= 11 is 0. The number of rotatable bonds is 6. The van der Waals surface area contributed by atoms with Gasteiger partial charge in [0.25, 0.3) is 0 Å². The Labute approximate surface area is 165 Å². The van der Waals surface area contributed by atoms with Crippen LogP contribution in [0.1, 0.15) is 25.7 Å². The number of amides is 1. The highest BCUT2D eigenvalue weighted by molar-refractivity contribution is 7.90. The van der Waals surface area contributed by atoms with Gasteiger partial charge in [-0.15, -0.1) is 12.4 Å². The number of piperidine rings is 1. The molecule has 0 spiro atoms. The van der Waals surface area contributed by atoms with E-state index in [1.165, 1.54) is 17.1 Å². The minimum atomic E-state index is -3.37. The van der Waals surface area contributed by atoms with E-state index < -0.39 is 9.84 Å². The van der Waals surface area contributed by atoms with Crippen LogP contribution in [0.25, 0.3) is 5.69 Å². The summed E-state index contributed by atoms with van der Waals surface area (Å²) in [5, 5.41) is 10.4. The summed E-state index contributed by atoms with van der Waals surface area (Å²) in [5.41, 5.74) is 1.02. The smallest absolute Gasteiger partial charge is 0.224 e. The van der Waals surface area contributed by atoms with Crippen molar-refractivity contribution in [3.05, 3.63) is 36.7 Å². The molecule has 148 valence electrons. The Bertz CT molecular complexity index is 876. The highest BCUT2D eigenvalue weighted by Gasteiger charge is 2.16. The fraction of sp³-hybridized carbons (Fsp3) is 0.444. The highest BCUT2D eigenvalue weighted by atomic mass is 35.5. The van der Waals surface area contributed by atoms with Crippen molar-refractivity contribution in [2.24, 2.45) is 5.92 Å². The SMILES string of the molecule is CS(=O)(=O)c1ccccc1-n1cc(NC(=O)CCC2CCNCC2)cn1.Cl. The maximum atomic E-state index is 12.2. The molecule has 1 amide bonds. The average Bonchev–Trinajstić information content (AvgIpc) is 3.08. The van der Waals surface area contributed by atoms with Crippen molar-refractivity contribution in [1.29, 1.82) is 0 Å². The summed E-state index contributed by atoms with van der Waals surface area (Å²) in [6.07, 6.45) is 7.93. The Balaban J connectivity index is 0.00000261. The van der Waals surface area contributed by atoms with Crippen molar-refractivity contribution in [3.63, 3.8) is 0 Å². The summed E-state index contributed by atoms with van der Waals surface area (Å²) in [5.74, 6) is 0.561. The van der Waals surface area contributed by atoms with E-state index in [9.17, 15) is 13.2 Å². The Morgan fingerprint density at radius 1 is 1.30 bits per heavy atom. The van der Waals surface area contributed by atoms with Crippen molar-refractivity contribution in [2.75, 3.05) is 24.7 Å². The van der Waals surface area contributed by atoms with E-state index in [1.807, 2.05) is 0 Å². The van der Waals surface area contributed by atoms with Crippen molar-refractivity contribution in [2.45, 2.75) is 30.6 Å². The number of halogens is 1. The molecule has 1 fully saturated rings. The van der Waals surface area contributed by atoms with Crippen molar-refractivity contribution < 1.29 is 13.2 Å². The fourth-order valence-corrected chi connectivity index (χ4v) is 4.08. The molecule has 0 aliphatic carbocycles. The summed E-state index contributed by atoms with van der Waals surface area (Å²) in [6, 6.07) is 6.66. The topological polar surface area (TPSA) is 93.1 Å². The Morgan fingerprint density at radius 3 is 2.70 bits per heavy atom. The maximum absolute atomic E-state index is 12.2. The van der Waals surface area contributed by atoms with E-state index in [1.54, 1.807) is 30.5 Å². The molecule has 9 heteroatoms. The van der Waals surface area contributed by atoms with Crippen LogP contribution in [0, 0.1) is 5.92 Å². The number of sulfone groups is 1. The van der Waals surface area contributed by atoms with Gasteiger partial charge >= 0.3 is 0 Å². The highest BCUT2D eigenvalue weighted by Crippen LogP contribution is 2.21.